The molecule has 2 heterocycles. The molecule has 0 spiro atoms. The number of nitrogens with one attached hydrogen (secondary N) is 1. The molecule has 6 heteroatoms. The first kappa shape index (κ1) is 15.2. The van der Waals surface area contributed by atoms with Crippen molar-refractivity contribution in [3.05, 3.63) is 47.3 Å². The molecule has 0 aliphatic carbocycles. The van der Waals surface area contributed by atoms with Crippen molar-refractivity contribution in [3.8, 4) is 0 Å². The van der Waals surface area contributed by atoms with Crippen LogP contribution < -0.4 is 0 Å². The Kier molecular flexibility index (Phi) is 4.06. The maximum Gasteiger partial charge on any atom is 0.178 e. The van der Waals surface area contributed by atoms with Gasteiger partial charge in [0.2, 0.25) is 0 Å². The summed E-state index contributed by atoms with van der Waals surface area (Å²) in [6.45, 7) is 4.82. The summed E-state index contributed by atoms with van der Waals surface area (Å²) in [5.41, 5.74) is 3.31. The summed E-state index contributed by atoms with van der Waals surface area (Å²) in [5, 5.41) is 6.82. The van der Waals surface area contributed by atoms with E-state index in [-0.39, 0.29) is 5.92 Å². The molecule has 118 valence electrons. The Bertz CT molecular complexity index is 750. The van der Waals surface area contributed by atoms with E-state index < -0.39 is 9.84 Å². The molecule has 3 rings (SSSR count). The molecule has 0 saturated carbocycles. The number of aromatic nitrogens is 2. The first-order valence-electron chi connectivity index (χ1n) is 7.44. The fraction of sp³-hybridized carbons (Fsp3) is 0.438. The molecule has 1 fully saturated rings. The van der Waals surface area contributed by atoms with Gasteiger partial charge in [0.25, 0.3) is 0 Å². The van der Waals surface area contributed by atoms with Crippen LogP contribution in [0.3, 0.4) is 0 Å². The Labute approximate surface area is 131 Å². The van der Waals surface area contributed by atoms with E-state index in [9.17, 15) is 8.42 Å². The van der Waals surface area contributed by atoms with Gasteiger partial charge in [-0.3, -0.25) is 10.00 Å². The summed E-state index contributed by atoms with van der Waals surface area (Å²) >= 11 is 0. The summed E-state index contributed by atoms with van der Waals surface area (Å²) in [6.07, 6.45) is 3.62. The number of rotatable bonds is 4. The lowest BCUT2D eigenvalue weighted by atomic mass is 10.1. The molecule has 1 saturated heterocycles. The second kappa shape index (κ2) is 5.85. The van der Waals surface area contributed by atoms with Crippen LogP contribution in [0, 0.1) is 6.92 Å². The fourth-order valence-corrected chi connectivity index (χ4v) is 3.89. The summed E-state index contributed by atoms with van der Waals surface area (Å²) in [5.74, 6) is 0.206. The van der Waals surface area contributed by atoms with E-state index in [1.165, 1.54) is 23.6 Å². The van der Waals surface area contributed by atoms with Gasteiger partial charge in [-0.05, 0) is 25.5 Å². The highest BCUT2D eigenvalue weighted by atomic mass is 32.2. The lowest BCUT2D eigenvalue weighted by Crippen LogP contribution is -2.20. The average molecular weight is 319 g/mol. The van der Waals surface area contributed by atoms with Gasteiger partial charge in [0, 0.05) is 25.3 Å². The second-order valence-electron chi connectivity index (χ2n) is 6.13. The molecule has 2 aromatic rings. The van der Waals surface area contributed by atoms with Crippen molar-refractivity contribution >= 4 is 9.84 Å². The zero-order chi connectivity index (χ0) is 15.7. The van der Waals surface area contributed by atoms with Gasteiger partial charge in [-0.15, -0.1) is 0 Å². The molecule has 1 aliphatic rings. The predicted molar refractivity (Wildman–Crippen MR) is 85.5 cm³/mol. The molecule has 0 amide bonds. The van der Waals surface area contributed by atoms with Crippen LogP contribution in [0.2, 0.25) is 0 Å². The first-order valence-corrected chi connectivity index (χ1v) is 9.34. The number of hydrogen-bond donors (Lipinski definition) is 1. The lowest BCUT2D eigenvalue weighted by molar-refractivity contribution is 0.326. The minimum absolute atomic E-state index is 0.206. The van der Waals surface area contributed by atoms with Crippen LogP contribution in [0.4, 0.5) is 0 Å². The molecule has 1 aromatic heterocycles. The minimum Gasteiger partial charge on any atom is -0.298 e. The van der Waals surface area contributed by atoms with E-state index in [1.54, 1.807) is 0 Å². The second-order valence-corrected chi connectivity index (χ2v) is 8.11. The predicted octanol–water partition coefficient (Wildman–Crippen LogP) is 2.11. The van der Waals surface area contributed by atoms with Crippen molar-refractivity contribution in [2.75, 3.05) is 19.3 Å². The van der Waals surface area contributed by atoms with E-state index in [0.717, 1.165) is 31.7 Å². The highest BCUT2D eigenvalue weighted by molar-refractivity contribution is 7.90. The standard InChI is InChI=1S/C16H21N3O2S/c1-12-3-5-13(6-4-12)10-19-8-7-14(11-19)16-15(9-17-18-16)22(2,20)21/h3-6,9,14H,7-8,10-11H2,1-2H3,(H,17,18)/t14-/m1/s1. The van der Waals surface area contributed by atoms with Crippen LogP contribution in [0.15, 0.2) is 35.4 Å². The largest absolute Gasteiger partial charge is 0.298 e. The van der Waals surface area contributed by atoms with E-state index >= 15 is 0 Å². The molecule has 1 N–H and O–H groups in total. The number of benzene rings is 1. The van der Waals surface area contributed by atoms with Crippen LogP contribution in [0.25, 0.3) is 0 Å². The third-order valence-electron chi connectivity index (χ3n) is 4.24. The maximum absolute atomic E-state index is 11.8. The number of H-pyrrole nitrogens is 1. The minimum atomic E-state index is -3.22. The molecule has 1 aromatic carbocycles. The molecule has 5 nitrogen and oxygen atoms in total. The molecule has 0 radical (unpaired) electrons. The smallest absolute Gasteiger partial charge is 0.178 e. The quantitative estimate of drug-likeness (QED) is 0.937. The van der Waals surface area contributed by atoms with Gasteiger partial charge in [0.05, 0.1) is 11.9 Å². The molecular weight excluding hydrogens is 298 g/mol. The van der Waals surface area contributed by atoms with Crippen molar-refractivity contribution in [2.24, 2.45) is 0 Å². The van der Waals surface area contributed by atoms with Crippen LogP contribution in [0.1, 0.15) is 29.2 Å². The highest BCUT2D eigenvalue weighted by Gasteiger charge is 2.29. The van der Waals surface area contributed by atoms with Gasteiger partial charge in [0.1, 0.15) is 4.90 Å². The Morgan fingerprint density at radius 3 is 2.73 bits per heavy atom. The van der Waals surface area contributed by atoms with E-state index in [2.05, 4.69) is 46.3 Å². The van der Waals surface area contributed by atoms with Crippen LogP contribution in [-0.2, 0) is 16.4 Å². The average Bonchev–Trinajstić information content (AvgIpc) is 3.09. The zero-order valence-electron chi connectivity index (χ0n) is 12.9. The number of likely N-dealkylation sites (tertiary alicyclic amines) is 1. The Morgan fingerprint density at radius 1 is 1.32 bits per heavy atom. The van der Waals surface area contributed by atoms with Crippen molar-refractivity contribution in [1.82, 2.24) is 15.1 Å². The van der Waals surface area contributed by atoms with Crippen molar-refractivity contribution in [3.63, 3.8) is 0 Å². The topological polar surface area (TPSA) is 66.1 Å². The number of aromatic amines is 1. The Morgan fingerprint density at radius 2 is 2.05 bits per heavy atom. The van der Waals surface area contributed by atoms with Crippen LogP contribution in [0.5, 0.6) is 0 Å². The zero-order valence-corrected chi connectivity index (χ0v) is 13.7. The van der Waals surface area contributed by atoms with Crippen LogP contribution in [-0.4, -0.2) is 42.9 Å². The molecule has 1 aliphatic heterocycles. The van der Waals surface area contributed by atoms with Crippen molar-refractivity contribution in [2.45, 2.75) is 30.7 Å². The van der Waals surface area contributed by atoms with E-state index in [0.29, 0.717) is 4.90 Å². The summed E-state index contributed by atoms with van der Waals surface area (Å²) in [4.78, 5) is 2.71. The molecule has 0 unspecified atom stereocenters. The number of hydrogen-bond acceptors (Lipinski definition) is 4. The lowest BCUT2D eigenvalue weighted by Gasteiger charge is -2.16. The Balaban J connectivity index is 1.70. The number of sulfone groups is 1. The van der Waals surface area contributed by atoms with Gasteiger partial charge < -0.3 is 0 Å². The highest BCUT2D eigenvalue weighted by Crippen LogP contribution is 2.30. The van der Waals surface area contributed by atoms with E-state index in [4.69, 9.17) is 0 Å². The van der Waals surface area contributed by atoms with Gasteiger partial charge >= 0.3 is 0 Å². The molecule has 1 atom stereocenters. The van der Waals surface area contributed by atoms with Gasteiger partial charge in [0.15, 0.2) is 9.84 Å². The Hall–Kier alpha value is -1.66. The fourth-order valence-electron chi connectivity index (χ4n) is 3.04. The van der Waals surface area contributed by atoms with Gasteiger partial charge in [-0.1, -0.05) is 29.8 Å². The number of aryl methyl sites for hydroxylation is 1. The maximum atomic E-state index is 11.8. The normalized spacial score (nSPS) is 19.6. The van der Waals surface area contributed by atoms with Gasteiger partial charge in [-0.25, -0.2) is 8.42 Å². The molecule has 0 bridgehead atoms. The SMILES string of the molecule is Cc1ccc(CN2CC[C@@H](c3[nH]ncc3S(C)(=O)=O)C2)cc1. The summed E-state index contributed by atoms with van der Waals surface area (Å²) in [6, 6.07) is 8.56. The monoisotopic (exact) mass is 319 g/mol. The number of nitrogens with zero attached hydrogens (tertiary/aromatic N) is 2. The molecule has 22 heavy (non-hydrogen) atoms. The van der Waals surface area contributed by atoms with Crippen molar-refractivity contribution in [1.29, 1.82) is 0 Å². The molecular formula is C16H21N3O2S. The third-order valence-corrected chi connectivity index (χ3v) is 5.36. The van der Waals surface area contributed by atoms with Gasteiger partial charge in [-0.2, -0.15) is 5.10 Å². The summed E-state index contributed by atoms with van der Waals surface area (Å²) in [7, 11) is -3.22. The van der Waals surface area contributed by atoms with E-state index in [1.807, 2.05) is 0 Å². The van der Waals surface area contributed by atoms with Crippen LogP contribution >= 0.6 is 0 Å². The van der Waals surface area contributed by atoms with Crippen molar-refractivity contribution < 1.29 is 8.42 Å². The third kappa shape index (κ3) is 3.23. The summed E-state index contributed by atoms with van der Waals surface area (Å²) < 4.78 is 23.6. The first-order chi connectivity index (χ1) is 10.4.